The van der Waals surface area contributed by atoms with Crippen LogP contribution in [-0.2, 0) is 5.75 Å². The van der Waals surface area contributed by atoms with Gasteiger partial charge in [0.15, 0.2) is 10.8 Å². The fourth-order valence-electron chi connectivity index (χ4n) is 3.52. The molecule has 0 aliphatic rings. The first-order chi connectivity index (χ1) is 13.6. The van der Waals surface area contributed by atoms with Crippen LogP contribution in [0.25, 0.3) is 27.5 Å². The van der Waals surface area contributed by atoms with Crippen LogP contribution >= 0.6 is 11.8 Å². The summed E-state index contributed by atoms with van der Waals surface area (Å²) in [6.07, 6.45) is 0. The third kappa shape index (κ3) is 2.66. The Morgan fingerprint density at radius 2 is 1.82 bits per heavy atom. The number of rotatable bonds is 3. The third-order valence-electron chi connectivity index (χ3n) is 4.90. The number of thioether (sulfide) groups is 1. The normalized spacial score (nSPS) is 11.6. The van der Waals surface area contributed by atoms with Gasteiger partial charge in [0.2, 0.25) is 0 Å². The zero-order chi connectivity index (χ0) is 19.3. The van der Waals surface area contributed by atoms with Crippen LogP contribution in [0.5, 0.6) is 0 Å². The maximum Gasteiger partial charge on any atom is 0.258 e. The van der Waals surface area contributed by atoms with Crippen LogP contribution in [0.3, 0.4) is 0 Å². The average Bonchev–Trinajstić information content (AvgIpc) is 3.10. The topological polar surface area (TPSA) is 75.9 Å². The maximum absolute atomic E-state index is 12.4. The lowest BCUT2D eigenvalue weighted by Gasteiger charge is -2.07. The number of pyridine rings is 1. The minimum absolute atomic E-state index is 0.114. The number of hydrogen-bond acceptors (Lipinski definition) is 5. The van der Waals surface area contributed by atoms with Crippen molar-refractivity contribution in [3.8, 4) is 0 Å². The van der Waals surface area contributed by atoms with Crippen molar-refractivity contribution >= 4 is 39.2 Å². The zero-order valence-corrected chi connectivity index (χ0v) is 16.2. The fraction of sp³-hybridized carbons (Fsp3) is 0.143. The summed E-state index contributed by atoms with van der Waals surface area (Å²) in [4.78, 5) is 19.9. The predicted molar refractivity (Wildman–Crippen MR) is 112 cm³/mol. The Morgan fingerprint density at radius 1 is 1.00 bits per heavy atom. The van der Waals surface area contributed by atoms with Gasteiger partial charge >= 0.3 is 0 Å². The molecule has 0 radical (unpaired) electrons. The molecule has 0 aliphatic carbocycles. The first-order valence-corrected chi connectivity index (χ1v) is 9.95. The van der Waals surface area contributed by atoms with Crippen molar-refractivity contribution in [3.05, 3.63) is 75.8 Å². The van der Waals surface area contributed by atoms with Gasteiger partial charge in [-0.25, -0.2) is 4.98 Å². The molecule has 0 saturated carbocycles. The second-order valence-electron chi connectivity index (χ2n) is 6.79. The lowest BCUT2D eigenvalue weighted by molar-refractivity contribution is 0.934. The van der Waals surface area contributed by atoms with Gasteiger partial charge in [-0.05, 0) is 43.2 Å². The Kier molecular flexibility index (Phi) is 3.91. The quantitative estimate of drug-likeness (QED) is 0.473. The summed E-state index contributed by atoms with van der Waals surface area (Å²) in [5.74, 6) is 1.13. The monoisotopic (exact) mass is 387 g/mol. The van der Waals surface area contributed by atoms with Gasteiger partial charge in [0.25, 0.3) is 5.56 Å². The molecule has 138 valence electrons. The Hall–Kier alpha value is -3.19. The van der Waals surface area contributed by atoms with Gasteiger partial charge < -0.3 is 4.98 Å². The van der Waals surface area contributed by atoms with E-state index < -0.39 is 0 Å². The smallest absolute Gasteiger partial charge is 0.258 e. The van der Waals surface area contributed by atoms with Crippen LogP contribution in [0.2, 0.25) is 0 Å². The minimum atomic E-state index is -0.114. The molecule has 7 heteroatoms. The molecular formula is C21H17N5OS. The van der Waals surface area contributed by atoms with Crippen LogP contribution in [0.1, 0.15) is 17.0 Å². The van der Waals surface area contributed by atoms with E-state index >= 15 is 0 Å². The van der Waals surface area contributed by atoms with Crippen molar-refractivity contribution in [3.63, 3.8) is 0 Å². The summed E-state index contributed by atoms with van der Waals surface area (Å²) in [5.41, 5.74) is 4.67. The number of para-hydroxylation sites is 2. The van der Waals surface area contributed by atoms with Gasteiger partial charge in [-0.2, -0.15) is 0 Å². The summed E-state index contributed by atoms with van der Waals surface area (Å²) in [5, 5.41) is 11.2. The first-order valence-electron chi connectivity index (χ1n) is 8.96. The molecule has 3 heterocycles. The van der Waals surface area contributed by atoms with Crippen LogP contribution < -0.4 is 5.56 Å². The Bertz CT molecular complexity index is 1420. The first kappa shape index (κ1) is 16.9. The summed E-state index contributed by atoms with van der Waals surface area (Å²) in [6.45, 7) is 4.04. The van der Waals surface area contributed by atoms with E-state index in [1.54, 1.807) is 6.07 Å². The summed E-state index contributed by atoms with van der Waals surface area (Å²) in [6, 6.07) is 15.9. The van der Waals surface area contributed by atoms with Crippen LogP contribution in [0, 0.1) is 13.8 Å². The average molecular weight is 387 g/mol. The SMILES string of the molecule is Cc1cc2nnc(SCc3nc4c(C)cccc4c(=O)[nH]3)n2c2ccccc12. The molecule has 1 N–H and O–H groups in total. The maximum atomic E-state index is 12.4. The Balaban J connectivity index is 1.57. The molecule has 0 fully saturated rings. The number of fused-ring (bicyclic) bond motifs is 4. The number of nitrogens with one attached hydrogen (secondary N) is 1. The van der Waals surface area contributed by atoms with Crippen molar-refractivity contribution < 1.29 is 0 Å². The van der Waals surface area contributed by atoms with E-state index in [1.807, 2.05) is 37.3 Å². The molecule has 0 bridgehead atoms. The molecule has 0 amide bonds. The zero-order valence-electron chi connectivity index (χ0n) is 15.4. The second-order valence-corrected chi connectivity index (χ2v) is 7.74. The van der Waals surface area contributed by atoms with Gasteiger partial charge in [-0.15, -0.1) is 10.2 Å². The summed E-state index contributed by atoms with van der Waals surface area (Å²) < 4.78 is 2.05. The molecule has 3 aromatic heterocycles. The largest absolute Gasteiger partial charge is 0.309 e. The van der Waals surface area contributed by atoms with Crippen molar-refractivity contribution in [1.29, 1.82) is 0 Å². The van der Waals surface area contributed by atoms with E-state index in [2.05, 4.69) is 43.6 Å². The van der Waals surface area contributed by atoms with Crippen molar-refractivity contribution in [2.24, 2.45) is 0 Å². The van der Waals surface area contributed by atoms with Crippen molar-refractivity contribution in [2.75, 3.05) is 0 Å². The van der Waals surface area contributed by atoms with E-state index in [0.717, 1.165) is 27.4 Å². The lowest BCUT2D eigenvalue weighted by Crippen LogP contribution is -2.12. The van der Waals surface area contributed by atoms with Gasteiger partial charge in [0.05, 0.1) is 22.2 Å². The number of aromatic amines is 1. The minimum Gasteiger partial charge on any atom is -0.309 e. The van der Waals surface area contributed by atoms with Crippen LogP contribution in [0.15, 0.2) is 58.5 Å². The van der Waals surface area contributed by atoms with Gasteiger partial charge in [0.1, 0.15) is 5.82 Å². The molecule has 6 nitrogen and oxygen atoms in total. The van der Waals surface area contributed by atoms with E-state index in [4.69, 9.17) is 0 Å². The number of H-pyrrole nitrogens is 1. The molecular weight excluding hydrogens is 370 g/mol. The number of nitrogens with zero attached hydrogens (tertiary/aromatic N) is 4. The molecule has 2 aromatic carbocycles. The summed E-state index contributed by atoms with van der Waals surface area (Å²) >= 11 is 1.51. The number of aryl methyl sites for hydroxylation is 2. The van der Waals surface area contributed by atoms with Gasteiger partial charge in [0, 0.05) is 5.39 Å². The van der Waals surface area contributed by atoms with Gasteiger partial charge in [-0.3, -0.25) is 9.20 Å². The lowest BCUT2D eigenvalue weighted by atomic mass is 10.1. The molecule has 5 rings (SSSR count). The molecule has 5 aromatic rings. The number of hydrogen-bond donors (Lipinski definition) is 1. The Labute approximate surface area is 164 Å². The Morgan fingerprint density at radius 3 is 2.71 bits per heavy atom. The molecule has 0 atom stereocenters. The highest BCUT2D eigenvalue weighted by Gasteiger charge is 2.13. The predicted octanol–water partition coefficient (Wildman–Crippen LogP) is 4.03. The highest BCUT2D eigenvalue weighted by Crippen LogP contribution is 2.27. The van der Waals surface area contributed by atoms with Crippen molar-refractivity contribution in [1.82, 2.24) is 24.6 Å². The van der Waals surface area contributed by atoms with E-state index in [0.29, 0.717) is 17.0 Å². The van der Waals surface area contributed by atoms with E-state index in [-0.39, 0.29) is 5.56 Å². The molecule has 28 heavy (non-hydrogen) atoms. The van der Waals surface area contributed by atoms with Crippen LogP contribution in [0.4, 0.5) is 0 Å². The van der Waals surface area contributed by atoms with Crippen LogP contribution in [-0.4, -0.2) is 24.6 Å². The van der Waals surface area contributed by atoms with Crippen molar-refractivity contribution in [2.45, 2.75) is 24.8 Å². The highest BCUT2D eigenvalue weighted by atomic mass is 32.2. The van der Waals surface area contributed by atoms with E-state index in [1.165, 1.54) is 22.7 Å². The number of aromatic nitrogens is 5. The summed E-state index contributed by atoms with van der Waals surface area (Å²) in [7, 11) is 0. The molecule has 0 saturated heterocycles. The highest BCUT2D eigenvalue weighted by molar-refractivity contribution is 7.98. The second kappa shape index (κ2) is 6.45. The number of benzene rings is 2. The fourth-order valence-corrected chi connectivity index (χ4v) is 4.34. The third-order valence-corrected chi connectivity index (χ3v) is 5.84. The standard InChI is InChI=1S/C21H17N5OS/c1-12-6-5-8-15-19(12)22-17(23-20(15)27)11-28-21-25-24-18-10-13(2)14-7-3-4-9-16(14)26(18)21/h3-10H,11H2,1-2H3,(H,22,23,27). The molecule has 0 unspecified atom stereocenters. The van der Waals surface area contributed by atoms with E-state index in [9.17, 15) is 4.79 Å². The van der Waals surface area contributed by atoms with Gasteiger partial charge in [-0.1, -0.05) is 42.1 Å². The molecule has 0 aliphatic heterocycles. The molecule has 0 spiro atoms.